The summed E-state index contributed by atoms with van der Waals surface area (Å²) in [7, 11) is 2.14. The summed E-state index contributed by atoms with van der Waals surface area (Å²) >= 11 is 0. The van der Waals surface area contributed by atoms with Gasteiger partial charge in [0.05, 0.1) is 0 Å². The molecule has 0 fully saturated rings. The summed E-state index contributed by atoms with van der Waals surface area (Å²) in [5, 5.41) is 0. The van der Waals surface area contributed by atoms with Gasteiger partial charge in [-0.1, -0.05) is 19.4 Å². The minimum Gasteiger partial charge on any atom is -0.330 e. The summed E-state index contributed by atoms with van der Waals surface area (Å²) < 4.78 is 0. The van der Waals surface area contributed by atoms with Crippen LogP contribution in [0, 0.1) is 5.92 Å². The summed E-state index contributed by atoms with van der Waals surface area (Å²) in [5.74, 6) is 0.617. The average Bonchev–Trinajstić information content (AvgIpc) is 2.29. The maximum Gasteiger partial charge on any atom is 0.0312 e. The number of nitrogens with two attached hydrogens (primary N) is 1. The molecule has 1 rings (SSSR count). The largest absolute Gasteiger partial charge is 0.330 e. The lowest BCUT2D eigenvalue weighted by Gasteiger charge is -2.22. The highest BCUT2D eigenvalue weighted by Gasteiger charge is 2.09. The van der Waals surface area contributed by atoms with Crippen molar-refractivity contribution in [2.24, 2.45) is 11.7 Å². The molecule has 2 N–H and O–H groups in total. The topological polar surface area (TPSA) is 42.1 Å². The van der Waals surface area contributed by atoms with Crippen LogP contribution in [0.2, 0.25) is 0 Å². The third-order valence-electron chi connectivity index (χ3n) is 2.78. The third kappa shape index (κ3) is 4.73. The van der Waals surface area contributed by atoms with Crippen LogP contribution in [-0.4, -0.2) is 30.0 Å². The Kier molecular flexibility index (Phi) is 6.04. The molecule has 1 aromatic heterocycles. The van der Waals surface area contributed by atoms with Crippen molar-refractivity contribution in [2.45, 2.75) is 26.3 Å². The molecular weight excluding hydrogens is 198 g/mol. The van der Waals surface area contributed by atoms with Crippen molar-refractivity contribution in [1.82, 2.24) is 9.88 Å². The first-order chi connectivity index (χ1) is 7.76. The van der Waals surface area contributed by atoms with Gasteiger partial charge in [-0.05, 0) is 37.6 Å². The van der Waals surface area contributed by atoms with Gasteiger partial charge >= 0.3 is 0 Å². The molecular formula is C13H23N3. The van der Waals surface area contributed by atoms with Gasteiger partial charge in [-0.25, -0.2) is 0 Å². The average molecular weight is 221 g/mol. The van der Waals surface area contributed by atoms with E-state index in [-0.39, 0.29) is 0 Å². The molecule has 90 valence electrons. The normalized spacial score (nSPS) is 13.0. The van der Waals surface area contributed by atoms with Gasteiger partial charge in [0.25, 0.3) is 0 Å². The Morgan fingerprint density at radius 3 is 2.88 bits per heavy atom. The van der Waals surface area contributed by atoms with Gasteiger partial charge in [0, 0.05) is 25.5 Å². The number of pyridine rings is 1. The van der Waals surface area contributed by atoms with Crippen molar-refractivity contribution in [2.75, 3.05) is 20.1 Å². The summed E-state index contributed by atoms with van der Waals surface area (Å²) in [6.07, 6.45) is 6.16. The highest BCUT2D eigenvalue weighted by Crippen LogP contribution is 2.08. The van der Waals surface area contributed by atoms with Gasteiger partial charge in [-0.3, -0.25) is 4.98 Å². The molecule has 0 amide bonds. The zero-order valence-corrected chi connectivity index (χ0v) is 10.4. The first kappa shape index (κ1) is 13.1. The van der Waals surface area contributed by atoms with Gasteiger partial charge in [-0.2, -0.15) is 0 Å². The monoisotopic (exact) mass is 221 g/mol. The second-order valence-corrected chi connectivity index (χ2v) is 4.45. The van der Waals surface area contributed by atoms with E-state index in [1.54, 1.807) is 0 Å². The van der Waals surface area contributed by atoms with Gasteiger partial charge in [0.15, 0.2) is 0 Å². The van der Waals surface area contributed by atoms with Crippen LogP contribution >= 0.6 is 0 Å². The van der Waals surface area contributed by atoms with E-state index in [0.29, 0.717) is 5.92 Å². The van der Waals surface area contributed by atoms with Crippen LogP contribution in [0.25, 0.3) is 0 Å². The van der Waals surface area contributed by atoms with Crippen molar-refractivity contribution in [3.05, 3.63) is 30.1 Å². The molecule has 0 spiro atoms. The fourth-order valence-electron chi connectivity index (χ4n) is 2.00. The van der Waals surface area contributed by atoms with E-state index in [1.165, 1.54) is 18.4 Å². The van der Waals surface area contributed by atoms with Crippen LogP contribution in [0.1, 0.15) is 25.3 Å². The predicted molar refractivity (Wildman–Crippen MR) is 68.0 cm³/mol. The number of hydrogen-bond acceptors (Lipinski definition) is 3. The zero-order valence-electron chi connectivity index (χ0n) is 10.4. The molecule has 0 aromatic carbocycles. The molecule has 3 nitrogen and oxygen atoms in total. The standard InChI is InChI=1S/C13H23N3/c1-3-5-12(8-14)10-16(2)11-13-6-4-7-15-9-13/h4,6-7,9,12H,3,5,8,10-11,14H2,1-2H3. The minimum absolute atomic E-state index is 0.617. The molecule has 0 saturated heterocycles. The molecule has 16 heavy (non-hydrogen) atoms. The molecule has 3 heteroatoms. The van der Waals surface area contributed by atoms with Crippen molar-refractivity contribution >= 4 is 0 Å². The highest BCUT2D eigenvalue weighted by molar-refractivity contribution is 5.07. The van der Waals surface area contributed by atoms with Crippen LogP contribution in [0.5, 0.6) is 0 Å². The van der Waals surface area contributed by atoms with E-state index >= 15 is 0 Å². The molecule has 0 aliphatic carbocycles. The molecule has 0 aliphatic heterocycles. The van der Waals surface area contributed by atoms with Gasteiger partial charge in [0.2, 0.25) is 0 Å². The molecule has 0 bridgehead atoms. The van der Waals surface area contributed by atoms with Gasteiger partial charge < -0.3 is 10.6 Å². The number of rotatable bonds is 7. The Morgan fingerprint density at radius 1 is 1.50 bits per heavy atom. The van der Waals surface area contributed by atoms with Crippen LogP contribution in [-0.2, 0) is 6.54 Å². The zero-order chi connectivity index (χ0) is 11.8. The molecule has 1 aromatic rings. The Labute approximate surface area is 98.7 Å². The Bertz CT molecular complexity index is 274. The van der Waals surface area contributed by atoms with Crippen molar-refractivity contribution in [3.63, 3.8) is 0 Å². The summed E-state index contributed by atoms with van der Waals surface area (Å²) in [6, 6.07) is 4.09. The van der Waals surface area contributed by atoms with E-state index < -0.39 is 0 Å². The summed E-state index contributed by atoms with van der Waals surface area (Å²) in [5.41, 5.74) is 7.02. The fourth-order valence-corrected chi connectivity index (χ4v) is 2.00. The van der Waals surface area contributed by atoms with E-state index in [9.17, 15) is 0 Å². The smallest absolute Gasteiger partial charge is 0.0312 e. The molecule has 1 atom stereocenters. The lowest BCUT2D eigenvalue weighted by atomic mass is 10.0. The number of hydrogen-bond donors (Lipinski definition) is 1. The lowest BCUT2D eigenvalue weighted by molar-refractivity contribution is 0.262. The maximum atomic E-state index is 5.76. The van der Waals surface area contributed by atoms with E-state index in [2.05, 4.69) is 29.9 Å². The van der Waals surface area contributed by atoms with E-state index in [0.717, 1.165) is 19.6 Å². The predicted octanol–water partition coefficient (Wildman–Crippen LogP) is 1.89. The lowest BCUT2D eigenvalue weighted by Crippen LogP contribution is -2.29. The van der Waals surface area contributed by atoms with Crippen LogP contribution in [0.3, 0.4) is 0 Å². The minimum atomic E-state index is 0.617. The number of nitrogens with zero attached hydrogens (tertiary/aromatic N) is 2. The maximum absolute atomic E-state index is 5.76. The first-order valence-electron chi connectivity index (χ1n) is 6.03. The Morgan fingerprint density at radius 2 is 2.31 bits per heavy atom. The van der Waals surface area contributed by atoms with E-state index in [1.807, 2.05) is 18.5 Å². The number of aromatic nitrogens is 1. The van der Waals surface area contributed by atoms with Crippen molar-refractivity contribution in [1.29, 1.82) is 0 Å². The summed E-state index contributed by atoms with van der Waals surface area (Å²) in [4.78, 5) is 6.45. The SMILES string of the molecule is CCCC(CN)CN(C)Cc1cccnc1. The fraction of sp³-hybridized carbons (Fsp3) is 0.615. The van der Waals surface area contributed by atoms with Gasteiger partial charge in [-0.15, -0.1) is 0 Å². The van der Waals surface area contributed by atoms with E-state index in [4.69, 9.17) is 5.73 Å². The van der Waals surface area contributed by atoms with Crippen molar-refractivity contribution < 1.29 is 0 Å². The first-order valence-corrected chi connectivity index (χ1v) is 6.03. The second kappa shape index (κ2) is 7.36. The highest BCUT2D eigenvalue weighted by atomic mass is 15.1. The summed E-state index contributed by atoms with van der Waals surface area (Å²) in [6.45, 7) is 5.02. The second-order valence-electron chi connectivity index (χ2n) is 4.45. The molecule has 1 heterocycles. The Balaban J connectivity index is 2.37. The molecule has 1 unspecified atom stereocenters. The third-order valence-corrected chi connectivity index (χ3v) is 2.78. The Hall–Kier alpha value is -0.930. The van der Waals surface area contributed by atoms with Crippen LogP contribution < -0.4 is 5.73 Å². The van der Waals surface area contributed by atoms with Gasteiger partial charge in [0.1, 0.15) is 0 Å². The molecule has 0 radical (unpaired) electrons. The van der Waals surface area contributed by atoms with Crippen molar-refractivity contribution in [3.8, 4) is 0 Å². The quantitative estimate of drug-likeness (QED) is 0.764. The molecule has 0 aliphatic rings. The van der Waals surface area contributed by atoms with Crippen LogP contribution in [0.4, 0.5) is 0 Å². The van der Waals surface area contributed by atoms with Crippen LogP contribution in [0.15, 0.2) is 24.5 Å². The molecule has 0 saturated carbocycles.